The Morgan fingerprint density at radius 3 is 2.68 bits per heavy atom. The SMILES string of the molecule is CC(C)N(C/C(N)=N/O)C(=O)c1ccc(Br)c(Cl)c1. The Bertz CT molecular complexity index is 506. The van der Waals surface area contributed by atoms with Gasteiger partial charge in [0.05, 0.1) is 11.6 Å². The second kappa shape index (κ2) is 6.77. The van der Waals surface area contributed by atoms with Crippen LogP contribution in [0, 0.1) is 0 Å². The van der Waals surface area contributed by atoms with Gasteiger partial charge in [-0.1, -0.05) is 16.8 Å². The number of nitrogens with zero attached hydrogens (tertiary/aromatic N) is 2. The molecular weight excluding hydrogens is 334 g/mol. The average Bonchev–Trinajstić information content (AvgIpc) is 2.37. The van der Waals surface area contributed by atoms with Crippen molar-refractivity contribution < 1.29 is 10.0 Å². The average molecular weight is 349 g/mol. The summed E-state index contributed by atoms with van der Waals surface area (Å²) in [5.41, 5.74) is 5.91. The van der Waals surface area contributed by atoms with Crippen molar-refractivity contribution >= 4 is 39.3 Å². The summed E-state index contributed by atoms with van der Waals surface area (Å²) >= 11 is 9.24. The van der Waals surface area contributed by atoms with E-state index in [9.17, 15) is 4.79 Å². The van der Waals surface area contributed by atoms with E-state index in [0.717, 1.165) is 4.47 Å². The van der Waals surface area contributed by atoms with Gasteiger partial charge in [0.25, 0.3) is 5.91 Å². The molecule has 5 nitrogen and oxygen atoms in total. The smallest absolute Gasteiger partial charge is 0.254 e. The number of rotatable bonds is 4. The lowest BCUT2D eigenvalue weighted by atomic mass is 10.1. The highest BCUT2D eigenvalue weighted by molar-refractivity contribution is 9.10. The number of carbonyl (C=O) groups is 1. The fourth-order valence-electron chi connectivity index (χ4n) is 1.49. The van der Waals surface area contributed by atoms with E-state index in [1.807, 2.05) is 13.8 Å². The van der Waals surface area contributed by atoms with Gasteiger partial charge in [-0.2, -0.15) is 0 Å². The van der Waals surface area contributed by atoms with Crippen molar-refractivity contribution in [2.45, 2.75) is 19.9 Å². The van der Waals surface area contributed by atoms with Gasteiger partial charge in [0, 0.05) is 16.1 Å². The molecule has 0 saturated carbocycles. The molecule has 0 bridgehead atoms. The number of amidine groups is 1. The number of hydrogen-bond acceptors (Lipinski definition) is 3. The van der Waals surface area contributed by atoms with Crippen LogP contribution in [0.5, 0.6) is 0 Å². The molecule has 104 valence electrons. The summed E-state index contributed by atoms with van der Waals surface area (Å²) in [6.07, 6.45) is 0. The topological polar surface area (TPSA) is 78.9 Å². The minimum Gasteiger partial charge on any atom is -0.409 e. The molecule has 7 heteroatoms. The predicted octanol–water partition coefficient (Wildman–Crippen LogP) is 2.70. The first-order valence-corrected chi connectivity index (χ1v) is 6.76. The second-order valence-corrected chi connectivity index (χ2v) is 5.51. The highest BCUT2D eigenvalue weighted by Crippen LogP contribution is 2.24. The first-order chi connectivity index (χ1) is 8.86. The summed E-state index contributed by atoms with van der Waals surface area (Å²) in [5.74, 6) is -0.249. The van der Waals surface area contributed by atoms with Crippen LogP contribution < -0.4 is 5.73 Å². The predicted molar refractivity (Wildman–Crippen MR) is 78.7 cm³/mol. The van der Waals surface area contributed by atoms with Crippen LogP contribution in [0.1, 0.15) is 24.2 Å². The first-order valence-electron chi connectivity index (χ1n) is 5.59. The molecule has 1 aromatic rings. The zero-order valence-corrected chi connectivity index (χ0v) is 12.9. The lowest BCUT2D eigenvalue weighted by molar-refractivity contribution is 0.0734. The molecule has 0 aliphatic heterocycles. The molecule has 0 unspecified atom stereocenters. The number of oxime groups is 1. The minimum atomic E-state index is -0.226. The Morgan fingerprint density at radius 1 is 1.58 bits per heavy atom. The number of hydrogen-bond donors (Lipinski definition) is 2. The Hall–Kier alpha value is -1.27. The first kappa shape index (κ1) is 15.8. The normalized spacial score (nSPS) is 11.7. The van der Waals surface area contributed by atoms with Gasteiger partial charge in [-0.3, -0.25) is 4.79 Å². The summed E-state index contributed by atoms with van der Waals surface area (Å²) in [6, 6.07) is 4.86. The minimum absolute atomic E-state index is 0.0229. The largest absolute Gasteiger partial charge is 0.409 e. The lowest BCUT2D eigenvalue weighted by Crippen LogP contribution is -2.42. The van der Waals surface area contributed by atoms with Crippen LogP contribution in [0.25, 0.3) is 0 Å². The van der Waals surface area contributed by atoms with Crippen molar-refractivity contribution in [2.75, 3.05) is 6.54 Å². The second-order valence-electron chi connectivity index (χ2n) is 4.25. The van der Waals surface area contributed by atoms with Crippen molar-refractivity contribution in [2.24, 2.45) is 10.9 Å². The van der Waals surface area contributed by atoms with E-state index in [-0.39, 0.29) is 24.3 Å². The van der Waals surface area contributed by atoms with Gasteiger partial charge in [-0.15, -0.1) is 0 Å². The maximum atomic E-state index is 12.4. The Kier molecular flexibility index (Phi) is 5.62. The highest BCUT2D eigenvalue weighted by atomic mass is 79.9. The van der Waals surface area contributed by atoms with E-state index in [1.54, 1.807) is 18.2 Å². The van der Waals surface area contributed by atoms with Crippen LogP contribution >= 0.6 is 27.5 Å². The van der Waals surface area contributed by atoms with Gasteiger partial charge in [-0.25, -0.2) is 0 Å². The van der Waals surface area contributed by atoms with Crippen molar-refractivity contribution in [1.29, 1.82) is 0 Å². The summed E-state index contributed by atoms with van der Waals surface area (Å²) in [4.78, 5) is 13.9. The molecule has 0 heterocycles. The van der Waals surface area contributed by atoms with Gasteiger partial charge in [0.2, 0.25) is 0 Å². The summed E-state index contributed by atoms with van der Waals surface area (Å²) in [7, 11) is 0. The molecule has 0 saturated heterocycles. The third-order valence-electron chi connectivity index (χ3n) is 2.51. The highest BCUT2D eigenvalue weighted by Gasteiger charge is 2.20. The van der Waals surface area contributed by atoms with Crippen LogP contribution in [-0.2, 0) is 0 Å². The van der Waals surface area contributed by atoms with E-state index < -0.39 is 0 Å². The maximum absolute atomic E-state index is 12.4. The Labute approximate surface area is 125 Å². The van der Waals surface area contributed by atoms with Crippen LogP contribution in [0.15, 0.2) is 27.8 Å². The Morgan fingerprint density at radius 2 is 2.21 bits per heavy atom. The van der Waals surface area contributed by atoms with Crippen LogP contribution in [0.2, 0.25) is 5.02 Å². The van der Waals surface area contributed by atoms with Crippen molar-refractivity contribution in [3.8, 4) is 0 Å². The maximum Gasteiger partial charge on any atom is 0.254 e. The van der Waals surface area contributed by atoms with E-state index in [1.165, 1.54) is 4.90 Å². The number of carbonyl (C=O) groups excluding carboxylic acids is 1. The molecule has 0 aliphatic carbocycles. The van der Waals surface area contributed by atoms with E-state index in [4.69, 9.17) is 22.5 Å². The molecule has 1 aromatic carbocycles. The molecule has 0 aliphatic rings. The molecule has 0 atom stereocenters. The monoisotopic (exact) mass is 347 g/mol. The molecule has 0 radical (unpaired) electrons. The van der Waals surface area contributed by atoms with E-state index in [0.29, 0.717) is 10.6 Å². The van der Waals surface area contributed by atoms with Gasteiger partial charge in [-0.05, 0) is 48.0 Å². The van der Waals surface area contributed by atoms with E-state index >= 15 is 0 Å². The van der Waals surface area contributed by atoms with Crippen LogP contribution in [0.4, 0.5) is 0 Å². The number of benzene rings is 1. The van der Waals surface area contributed by atoms with Gasteiger partial charge in [0.1, 0.15) is 0 Å². The standard InChI is InChI=1S/C12H15BrClN3O2/c1-7(2)17(6-11(15)16-19)12(18)8-3-4-9(13)10(14)5-8/h3-5,7,19H,6H2,1-2H3,(H2,15,16). The van der Waals surface area contributed by atoms with Gasteiger partial charge in [0.15, 0.2) is 5.84 Å². The summed E-state index contributed by atoms with van der Waals surface area (Å²) in [5, 5.41) is 11.9. The van der Waals surface area contributed by atoms with Crippen molar-refractivity contribution in [3.63, 3.8) is 0 Å². The molecule has 0 fully saturated rings. The fraction of sp³-hybridized carbons (Fsp3) is 0.333. The van der Waals surface area contributed by atoms with Gasteiger partial charge < -0.3 is 15.8 Å². The molecule has 0 aromatic heterocycles. The molecule has 19 heavy (non-hydrogen) atoms. The van der Waals surface area contributed by atoms with Crippen molar-refractivity contribution in [1.82, 2.24) is 4.90 Å². The number of amides is 1. The zero-order chi connectivity index (χ0) is 14.6. The van der Waals surface area contributed by atoms with Crippen LogP contribution in [0.3, 0.4) is 0 Å². The molecule has 1 rings (SSSR count). The number of nitrogens with two attached hydrogens (primary N) is 1. The lowest BCUT2D eigenvalue weighted by Gasteiger charge is -2.26. The molecular formula is C12H15BrClN3O2. The quantitative estimate of drug-likeness (QED) is 0.380. The molecule has 3 N–H and O–H groups in total. The summed E-state index contributed by atoms with van der Waals surface area (Å²) < 4.78 is 0.721. The number of halogens is 2. The summed E-state index contributed by atoms with van der Waals surface area (Å²) in [6.45, 7) is 3.76. The van der Waals surface area contributed by atoms with Crippen LogP contribution in [-0.4, -0.2) is 34.4 Å². The van der Waals surface area contributed by atoms with E-state index in [2.05, 4.69) is 21.1 Å². The Balaban J connectivity index is 3.02. The molecule has 0 spiro atoms. The zero-order valence-electron chi connectivity index (χ0n) is 10.6. The third kappa shape index (κ3) is 4.11. The molecule has 1 amide bonds. The third-order valence-corrected chi connectivity index (χ3v) is 3.74. The van der Waals surface area contributed by atoms with Gasteiger partial charge >= 0.3 is 0 Å². The fourth-order valence-corrected chi connectivity index (χ4v) is 1.92. The van der Waals surface area contributed by atoms with Crippen molar-refractivity contribution in [3.05, 3.63) is 33.3 Å².